The Morgan fingerprint density at radius 1 is 0.882 bits per heavy atom. The van der Waals surface area contributed by atoms with E-state index in [2.05, 4.69) is 31.0 Å². The molecule has 0 atom stereocenters. The molecular formula is C26H30N6O2. The van der Waals surface area contributed by atoms with E-state index in [0.29, 0.717) is 0 Å². The van der Waals surface area contributed by atoms with E-state index in [1.54, 1.807) is 19.5 Å². The van der Waals surface area contributed by atoms with Crippen LogP contribution in [0.4, 0.5) is 11.5 Å². The van der Waals surface area contributed by atoms with Crippen LogP contribution in [0.15, 0.2) is 60.9 Å². The summed E-state index contributed by atoms with van der Waals surface area (Å²) >= 11 is 0. The topological polar surface area (TPSA) is 74.7 Å². The summed E-state index contributed by atoms with van der Waals surface area (Å²) in [6.45, 7) is 4.78. The van der Waals surface area contributed by atoms with Crippen molar-refractivity contribution in [3.8, 4) is 17.0 Å². The zero-order valence-electron chi connectivity index (χ0n) is 19.5. The molecule has 3 aromatic rings. The zero-order chi connectivity index (χ0) is 23.3. The van der Waals surface area contributed by atoms with Gasteiger partial charge in [0, 0.05) is 63.1 Å². The molecule has 0 spiro atoms. The minimum atomic E-state index is 0.0803. The van der Waals surface area contributed by atoms with Gasteiger partial charge in [-0.05, 0) is 49.2 Å². The quantitative estimate of drug-likeness (QED) is 0.582. The van der Waals surface area contributed by atoms with Gasteiger partial charge in [-0.15, -0.1) is 10.2 Å². The third-order valence-electron chi connectivity index (χ3n) is 6.79. The fraction of sp³-hybridized carbons (Fsp3) is 0.385. The summed E-state index contributed by atoms with van der Waals surface area (Å²) in [7, 11) is 1.70. The number of anilines is 2. The normalized spacial score (nSPS) is 17.0. The standard InChI is InChI=1S/C26H30N6O2/c1-34-24-7-3-2-6-23(24)30-15-17-32(18-16-30)26(33)20-10-13-31(14-11-20)25-9-8-22(28-29-25)21-5-4-12-27-19-21/h2-9,12,19-20H,10-11,13-18H2,1H3. The molecule has 8 nitrogen and oxygen atoms in total. The van der Waals surface area contributed by atoms with Crippen molar-refractivity contribution >= 4 is 17.4 Å². The van der Waals surface area contributed by atoms with E-state index >= 15 is 0 Å². The zero-order valence-corrected chi connectivity index (χ0v) is 19.5. The van der Waals surface area contributed by atoms with Crippen molar-refractivity contribution in [3.63, 3.8) is 0 Å². The van der Waals surface area contributed by atoms with Crippen LogP contribution in [0.1, 0.15) is 12.8 Å². The van der Waals surface area contributed by atoms with E-state index in [4.69, 9.17) is 4.74 Å². The lowest BCUT2D eigenvalue weighted by molar-refractivity contribution is -0.136. The van der Waals surface area contributed by atoms with Gasteiger partial charge in [0.15, 0.2) is 5.82 Å². The monoisotopic (exact) mass is 458 g/mol. The second-order valence-electron chi connectivity index (χ2n) is 8.76. The Labute approximate surface area is 200 Å². The molecule has 4 heterocycles. The van der Waals surface area contributed by atoms with Crippen molar-refractivity contribution in [2.24, 2.45) is 5.92 Å². The number of carbonyl (C=O) groups is 1. The molecule has 0 unspecified atom stereocenters. The van der Waals surface area contributed by atoms with Crippen LogP contribution in [0.5, 0.6) is 5.75 Å². The van der Waals surface area contributed by atoms with Gasteiger partial charge in [-0.2, -0.15) is 0 Å². The van der Waals surface area contributed by atoms with Crippen molar-refractivity contribution in [2.75, 3.05) is 56.2 Å². The summed E-state index contributed by atoms with van der Waals surface area (Å²) in [6, 6.07) is 15.9. The van der Waals surface area contributed by atoms with Crippen molar-refractivity contribution in [3.05, 3.63) is 60.9 Å². The maximum absolute atomic E-state index is 13.2. The van der Waals surface area contributed by atoms with Crippen LogP contribution in [0, 0.1) is 5.92 Å². The predicted molar refractivity (Wildman–Crippen MR) is 132 cm³/mol. The lowest BCUT2D eigenvalue weighted by Gasteiger charge is -2.39. The van der Waals surface area contributed by atoms with E-state index in [0.717, 1.165) is 80.6 Å². The van der Waals surface area contributed by atoms with E-state index in [1.807, 2.05) is 47.4 Å². The summed E-state index contributed by atoms with van der Waals surface area (Å²) in [4.78, 5) is 23.9. The van der Waals surface area contributed by atoms with Crippen LogP contribution in [0.3, 0.4) is 0 Å². The minimum Gasteiger partial charge on any atom is -0.495 e. The van der Waals surface area contributed by atoms with Crippen LogP contribution < -0.4 is 14.5 Å². The van der Waals surface area contributed by atoms with Gasteiger partial charge < -0.3 is 19.4 Å². The van der Waals surface area contributed by atoms with Gasteiger partial charge in [0.2, 0.25) is 5.91 Å². The molecule has 176 valence electrons. The van der Waals surface area contributed by atoms with Gasteiger partial charge in [0.1, 0.15) is 5.75 Å². The summed E-state index contributed by atoms with van der Waals surface area (Å²) in [6.07, 6.45) is 5.23. The number of nitrogens with zero attached hydrogens (tertiary/aromatic N) is 6. The molecule has 2 fully saturated rings. The molecule has 2 saturated heterocycles. The molecular weight excluding hydrogens is 428 g/mol. The molecule has 0 radical (unpaired) electrons. The number of amides is 1. The average Bonchev–Trinajstić information content (AvgIpc) is 2.93. The number of hydrogen-bond acceptors (Lipinski definition) is 7. The van der Waals surface area contributed by atoms with Crippen molar-refractivity contribution < 1.29 is 9.53 Å². The Hall–Kier alpha value is -3.68. The second-order valence-corrected chi connectivity index (χ2v) is 8.76. The molecule has 1 amide bonds. The number of pyridine rings is 1. The number of carbonyl (C=O) groups excluding carboxylic acids is 1. The number of aromatic nitrogens is 3. The van der Waals surface area contributed by atoms with Gasteiger partial charge in [-0.3, -0.25) is 9.78 Å². The van der Waals surface area contributed by atoms with E-state index < -0.39 is 0 Å². The number of para-hydroxylation sites is 2. The first-order valence-corrected chi connectivity index (χ1v) is 11.9. The first-order chi connectivity index (χ1) is 16.7. The smallest absolute Gasteiger partial charge is 0.225 e. The molecule has 2 aliphatic rings. The maximum Gasteiger partial charge on any atom is 0.225 e. The van der Waals surface area contributed by atoms with Crippen LogP contribution in [0.2, 0.25) is 0 Å². The average molecular weight is 459 g/mol. The van der Waals surface area contributed by atoms with Crippen LogP contribution in [0.25, 0.3) is 11.3 Å². The predicted octanol–water partition coefficient (Wildman–Crippen LogP) is 3.11. The minimum absolute atomic E-state index is 0.0803. The third kappa shape index (κ3) is 4.66. The number of methoxy groups -OCH3 is 1. The van der Waals surface area contributed by atoms with Gasteiger partial charge in [-0.1, -0.05) is 12.1 Å². The number of piperidine rings is 1. The SMILES string of the molecule is COc1ccccc1N1CCN(C(=O)C2CCN(c3ccc(-c4cccnc4)nn3)CC2)CC1. The molecule has 0 N–H and O–H groups in total. The van der Waals surface area contributed by atoms with Gasteiger partial charge >= 0.3 is 0 Å². The largest absolute Gasteiger partial charge is 0.495 e. The number of benzene rings is 1. The molecule has 2 aromatic heterocycles. The highest BCUT2D eigenvalue weighted by Crippen LogP contribution is 2.29. The Morgan fingerprint density at radius 3 is 2.35 bits per heavy atom. The van der Waals surface area contributed by atoms with E-state index in [-0.39, 0.29) is 11.8 Å². The summed E-state index contributed by atoms with van der Waals surface area (Å²) < 4.78 is 5.50. The Bertz CT molecular complexity index is 1090. The number of piperazine rings is 1. The molecule has 0 bridgehead atoms. The van der Waals surface area contributed by atoms with Crippen LogP contribution in [-0.2, 0) is 4.79 Å². The lowest BCUT2D eigenvalue weighted by Crippen LogP contribution is -2.51. The molecule has 1 aromatic carbocycles. The van der Waals surface area contributed by atoms with Gasteiger partial charge in [0.05, 0.1) is 18.5 Å². The Kier molecular flexibility index (Phi) is 6.56. The highest BCUT2D eigenvalue weighted by Gasteiger charge is 2.31. The fourth-order valence-corrected chi connectivity index (χ4v) is 4.83. The van der Waals surface area contributed by atoms with Gasteiger partial charge in [0.25, 0.3) is 0 Å². The Morgan fingerprint density at radius 2 is 1.68 bits per heavy atom. The summed E-state index contributed by atoms with van der Waals surface area (Å²) in [5.41, 5.74) is 2.87. The van der Waals surface area contributed by atoms with Crippen molar-refractivity contribution in [1.29, 1.82) is 0 Å². The Balaban J connectivity index is 1.13. The molecule has 5 rings (SSSR count). The molecule has 0 aliphatic carbocycles. The number of rotatable bonds is 5. The summed E-state index contributed by atoms with van der Waals surface area (Å²) in [5, 5.41) is 8.80. The van der Waals surface area contributed by atoms with E-state index in [9.17, 15) is 4.79 Å². The molecule has 8 heteroatoms. The highest BCUT2D eigenvalue weighted by molar-refractivity contribution is 5.79. The van der Waals surface area contributed by atoms with Crippen LogP contribution in [-0.4, -0.2) is 72.4 Å². The first kappa shape index (κ1) is 22.1. The molecule has 34 heavy (non-hydrogen) atoms. The fourth-order valence-electron chi connectivity index (χ4n) is 4.83. The van der Waals surface area contributed by atoms with Crippen molar-refractivity contribution in [1.82, 2.24) is 20.1 Å². The molecule has 0 saturated carbocycles. The van der Waals surface area contributed by atoms with E-state index in [1.165, 1.54) is 0 Å². The molecule has 2 aliphatic heterocycles. The second kappa shape index (κ2) is 10.1. The third-order valence-corrected chi connectivity index (χ3v) is 6.79. The van der Waals surface area contributed by atoms with Crippen molar-refractivity contribution in [2.45, 2.75) is 12.8 Å². The number of ether oxygens (including phenoxy) is 1. The van der Waals surface area contributed by atoms with Crippen LogP contribution >= 0.6 is 0 Å². The highest BCUT2D eigenvalue weighted by atomic mass is 16.5. The maximum atomic E-state index is 13.2. The first-order valence-electron chi connectivity index (χ1n) is 11.9. The number of hydrogen-bond donors (Lipinski definition) is 0. The lowest BCUT2D eigenvalue weighted by atomic mass is 9.95. The van der Waals surface area contributed by atoms with Gasteiger partial charge in [-0.25, -0.2) is 0 Å². The summed E-state index contributed by atoms with van der Waals surface area (Å²) in [5.74, 6) is 2.12.